The Balaban J connectivity index is 1.78. The van der Waals surface area contributed by atoms with Crippen molar-refractivity contribution in [3.05, 3.63) is 47.8 Å². The predicted molar refractivity (Wildman–Crippen MR) is 87.4 cm³/mol. The molecule has 6 heteroatoms. The minimum absolute atomic E-state index is 0.383. The van der Waals surface area contributed by atoms with E-state index in [0.29, 0.717) is 11.6 Å². The minimum Gasteiger partial charge on any atom is -0.492 e. The van der Waals surface area contributed by atoms with Crippen LogP contribution in [-0.2, 0) is 13.6 Å². The van der Waals surface area contributed by atoms with Crippen LogP contribution in [0, 0.1) is 0 Å². The van der Waals surface area contributed by atoms with Crippen LogP contribution in [-0.4, -0.2) is 39.9 Å². The van der Waals surface area contributed by atoms with Gasteiger partial charge in [-0.2, -0.15) is 5.10 Å². The molecule has 5 nitrogen and oxygen atoms in total. The van der Waals surface area contributed by atoms with Crippen LogP contribution < -0.4 is 10.5 Å². The molecule has 1 aromatic carbocycles. The summed E-state index contributed by atoms with van der Waals surface area (Å²) in [6, 6.07) is 7.54. The molecule has 0 amide bonds. The Morgan fingerprint density at radius 3 is 2.95 bits per heavy atom. The number of ether oxygens (including phenoxy) is 1. The molecule has 0 aliphatic heterocycles. The van der Waals surface area contributed by atoms with Crippen LogP contribution in [0.25, 0.3) is 0 Å². The van der Waals surface area contributed by atoms with Crippen LogP contribution in [0.5, 0.6) is 5.75 Å². The third kappa shape index (κ3) is 4.84. The maximum Gasteiger partial charge on any atom is 0.120 e. The van der Waals surface area contributed by atoms with Crippen molar-refractivity contribution in [1.82, 2.24) is 14.7 Å². The topological polar surface area (TPSA) is 56.3 Å². The number of aryl methyl sites for hydroxylation is 1. The summed E-state index contributed by atoms with van der Waals surface area (Å²) < 4.78 is 7.54. The van der Waals surface area contributed by atoms with Crippen molar-refractivity contribution < 1.29 is 4.74 Å². The number of rotatable bonds is 7. The molecule has 2 N–H and O–H groups in total. The average molecular weight is 304 g/mol. The molecule has 2 aromatic rings. The lowest BCUT2D eigenvalue weighted by Gasteiger charge is -2.16. The maximum atomic E-state index is 5.73. The Hall–Kier alpha value is -1.92. The molecule has 0 atom stereocenters. The van der Waals surface area contributed by atoms with Crippen molar-refractivity contribution in [2.75, 3.05) is 20.2 Å². The lowest BCUT2D eigenvalue weighted by Crippen LogP contribution is -2.23. The molecule has 0 bridgehead atoms. The van der Waals surface area contributed by atoms with Crippen molar-refractivity contribution in [1.29, 1.82) is 0 Å². The number of nitrogens with zero attached hydrogens (tertiary/aromatic N) is 3. The Bertz CT molecular complexity index is 611. The van der Waals surface area contributed by atoms with E-state index in [4.69, 9.17) is 22.7 Å². The molecule has 0 aliphatic rings. The van der Waals surface area contributed by atoms with Crippen molar-refractivity contribution in [3.63, 3.8) is 0 Å². The average Bonchev–Trinajstić information content (AvgIpc) is 2.84. The van der Waals surface area contributed by atoms with E-state index in [2.05, 4.69) is 17.0 Å². The summed E-state index contributed by atoms with van der Waals surface area (Å²) >= 11 is 4.96. The van der Waals surface area contributed by atoms with Gasteiger partial charge in [-0.15, -0.1) is 0 Å². The second kappa shape index (κ2) is 7.19. The summed E-state index contributed by atoms with van der Waals surface area (Å²) in [6.07, 6.45) is 3.89. The molecule has 21 heavy (non-hydrogen) atoms. The predicted octanol–water partition coefficient (Wildman–Crippen LogP) is 1.57. The molecule has 0 aliphatic carbocycles. The standard InChI is InChI=1S/C15H20N4OS/c1-18(10-12-9-17-19(2)11-12)6-7-20-14-5-3-4-13(8-14)15(16)21/h3-5,8-9,11H,6-7,10H2,1-2H3,(H2,16,21). The smallest absolute Gasteiger partial charge is 0.120 e. The van der Waals surface area contributed by atoms with Crippen LogP contribution in [0.1, 0.15) is 11.1 Å². The number of aromatic nitrogens is 2. The third-order valence-electron chi connectivity index (χ3n) is 3.07. The van der Waals surface area contributed by atoms with Gasteiger partial charge in [0.15, 0.2) is 0 Å². The van der Waals surface area contributed by atoms with Gasteiger partial charge in [0.1, 0.15) is 17.3 Å². The highest BCUT2D eigenvalue weighted by atomic mass is 32.1. The van der Waals surface area contributed by atoms with E-state index in [9.17, 15) is 0 Å². The normalized spacial score (nSPS) is 10.8. The first kappa shape index (κ1) is 15.5. The number of thiocarbonyl (C=S) groups is 1. The monoisotopic (exact) mass is 304 g/mol. The molecule has 0 fully saturated rings. The first-order chi connectivity index (χ1) is 10.0. The van der Waals surface area contributed by atoms with Crippen LogP contribution >= 0.6 is 12.2 Å². The summed E-state index contributed by atoms with van der Waals surface area (Å²) in [4.78, 5) is 2.57. The molecular weight excluding hydrogens is 284 g/mol. The van der Waals surface area contributed by atoms with E-state index < -0.39 is 0 Å². The van der Waals surface area contributed by atoms with Crippen molar-refractivity contribution >= 4 is 17.2 Å². The van der Waals surface area contributed by atoms with E-state index in [-0.39, 0.29) is 0 Å². The lowest BCUT2D eigenvalue weighted by molar-refractivity contribution is 0.233. The Morgan fingerprint density at radius 1 is 1.48 bits per heavy atom. The molecule has 0 saturated carbocycles. The molecular formula is C15H20N4OS. The van der Waals surface area contributed by atoms with Crippen molar-refractivity contribution in [2.24, 2.45) is 12.8 Å². The summed E-state index contributed by atoms with van der Waals surface area (Å²) in [7, 11) is 3.98. The van der Waals surface area contributed by atoms with Gasteiger partial charge in [-0.3, -0.25) is 9.58 Å². The van der Waals surface area contributed by atoms with E-state index in [1.807, 2.05) is 43.7 Å². The van der Waals surface area contributed by atoms with Gasteiger partial charge >= 0.3 is 0 Å². The summed E-state index contributed by atoms with van der Waals surface area (Å²) in [5.74, 6) is 0.787. The van der Waals surface area contributed by atoms with Gasteiger partial charge in [0.05, 0.1) is 6.20 Å². The summed E-state index contributed by atoms with van der Waals surface area (Å²) in [6.45, 7) is 2.29. The van der Waals surface area contributed by atoms with Gasteiger partial charge in [0.25, 0.3) is 0 Å². The van der Waals surface area contributed by atoms with Gasteiger partial charge in [-0.05, 0) is 19.2 Å². The fraction of sp³-hybridized carbons (Fsp3) is 0.333. The SMILES string of the molecule is CN(CCOc1cccc(C(N)=S)c1)Cc1cnn(C)c1. The highest BCUT2D eigenvalue weighted by Crippen LogP contribution is 2.13. The second-order valence-electron chi connectivity index (χ2n) is 5.00. The van der Waals surface area contributed by atoms with E-state index in [1.54, 1.807) is 4.68 Å². The van der Waals surface area contributed by atoms with Crippen LogP contribution in [0.15, 0.2) is 36.7 Å². The zero-order chi connectivity index (χ0) is 15.2. The Labute approximate surface area is 130 Å². The highest BCUT2D eigenvalue weighted by Gasteiger charge is 2.03. The molecule has 0 unspecified atom stereocenters. The molecule has 0 saturated heterocycles. The van der Waals surface area contributed by atoms with Gasteiger partial charge in [-0.25, -0.2) is 0 Å². The van der Waals surface area contributed by atoms with Crippen molar-refractivity contribution in [2.45, 2.75) is 6.54 Å². The Kier molecular flexibility index (Phi) is 5.30. The number of hydrogen-bond acceptors (Lipinski definition) is 4. The molecule has 112 valence electrons. The molecule has 2 rings (SSSR count). The van der Waals surface area contributed by atoms with Crippen LogP contribution in [0.3, 0.4) is 0 Å². The molecule has 0 spiro atoms. The second-order valence-corrected chi connectivity index (χ2v) is 5.44. The van der Waals surface area contributed by atoms with Gasteiger partial charge < -0.3 is 10.5 Å². The van der Waals surface area contributed by atoms with Gasteiger partial charge in [0.2, 0.25) is 0 Å². The number of nitrogens with two attached hydrogens (primary N) is 1. The van der Waals surface area contributed by atoms with E-state index in [0.717, 1.165) is 24.4 Å². The van der Waals surface area contributed by atoms with Crippen LogP contribution in [0.4, 0.5) is 0 Å². The summed E-state index contributed by atoms with van der Waals surface area (Å²) in [5, 5.41) is 4.16. The largest absolute Gasteiger partial charge is 0.492 e. The van der Waals surface area contributed by atoms with E-state index in [1.165, 1.54) is 5.56 Å². The minimum atomic E-state index is 0.383. The Morgan fingerprint density at radius 2 is 2.29 bits per heavy atom. The first-order valence-electron chi connectivity index (χ1n) is 6.73. The number of hydrogen-bond donors (Lipinski definition) is 1. The quantitative estimate of drug-likeness (QED) is 0.787. The van der Waals surface area contributed by atoms with E-state index >= 15 is 0 Å². The molecule has 0 radical (unpaired) electrons. The number of likely N-dealkylation sites (N-methyl/N-ethyl adjacent to an activating group) is 1. The maximum absolute atomic E-state index is 5.73. The van der Waals surface area contributed by atoms with Crippen LogP contribution in [0.2, 0.25) is 0 Å². The lowest BCUT2D eigenvalue weighted by atomic mass is 10.2. The fourth-order valence-electron chi connectivity index (χ4n) is 2.00. The van der Waals surface area contributed by atoms with Gasteiger partial charge in [0, 0.05) is 37.5 Å². The third-order valence-corrected chi connectivity index (χ3v) is 3.31. The van der Waals surface area contributed by atoms with Crippen molar-refractivity contribution in [3.8, 4) is 5.75 Å². The van der Waals surface area contributed by atoms with Gasteiger partial charge in [-0.1, -0.05) is 24.4 Å². The first-order valence-corrected chi connectivity index (χ1v) is 7.14. The number of benzene rings is 1. The molecule has 1 aromatic heterocycles. The fourth-order valence-corrected chi connectivity index (χ4v) is 2.13. The zero-order valence-electron chi connectivity index (χ0n) is 12.3. The zero-order valence-corrected chi connectivity index (χ0v) is 13.1. The summed E-state index contributed by atoms with van der Waals surface area (Å²) in [5.41, 5.74) is 7.62. The highest BCUT2D eigenvalue weighted by molar-refractivity contribution is 7.80. The molecule has 1 heterocycles.